The molecule has 3 aromatic rings. The lowest BCUT2D eigenvalue weighted by atomic mass is 10.1. The SMILES string of the molecule is Cc1ccc(S(=O)(=O)N2CC(C(=O)Nc3ccccc3C)Oc3cc(C)ccc32)cc1. The van der Waals surface area contributed by atoms with Crippen molar-refractivity contribution in [3.05, 3.63) is 83.4 Å². The summed E-state index contributed by atoms with van der Waals surface area (Å²) in [5, 5.41) is 2.86. The van der Waals surface area contributed by atoms with Crippen LogP contribution in [0.25, 0.3) is 0 Å². The van der Waals surface area contributed by atoms with Crippen molar-refractivity contribution in [1.29, 1.82) is 0 Å². The number of sulfonamides is 1. The van der Waals surface area contributed by atoms with Gasteiger partial charge >= 0.3 is 0 Å². The number of anilines is 2. The van der Waals surface area contributed by atoms with Gasteiger partial charge in [0.05, 0.1) is 17.1 Å². The minimum absolute atomic E-state index is 0.121. The Kier molecular flexibility index (Phi) is 5.45. The zero-order chi connectivity index (χ0) is 22.2. The van der Waals surface area contributed by atoms with E-state index in [1.807, 2.05) is 45.0 Å². The summed E-state index contributed by atoms with van der Waals surface area (Å²) < 4.78 is 34.1. The van der Waals surface area contributed by atoms with Crippen LogP contribution in [0.4, 0.5) is 11.4 Å². The Labute approximate surface area is 182 Å². The van der Waals surface area contributed by atoms with E-state index in [2.05, 4.69) is 5.32 Å². The van der Waals surface area contributed by atoms with Crippen LogP contribution in [0.2, 0.25) is 0 Å². The third-order valence-corrected chi connectivity index (χ3v) is 7.08. The average Bonchev–Trinajstić information content (AvgIpc) is 2.74. The van der Waals surface area contributed by atoms with Gasteiger partial charge in [0.2, 0.25) is 0 Å². The van der Waals surface area contributed by atoms with E-state index in [1.54, 1.807) is 42.5 Å². The number of rotatable bonds is 4. The Balaban J connectivity index is 1.71. The van der Waals surface area contributed by atoms with E-state index in [9.17, 15) is 13.2 Å². The second-order valence-electron chi connectivity index (χ2n) is 7.73. The number of carbonyl (C=O) groups excluding carboxylic acids is 1. The predicted molar refractivity (Wildman–Crippen MR) is 121 cm³/mol. The Morgan fingerprint density at radius 1 is 0.968 bits per heavy atom. The minimum atomic E-state index is -3.88. The molecule has 1 aliphatic rings. The quantitative estimate of drug-likeness (QED) is 0.665. The van der Waals surface area contributed by atoms with E-state index in [0.29, 0.717) is 17.1 Å². The molecule has 0 aliphatic carbocycles. The number of para-hydroxylation sites is 1. The zero-order valence-electron chi connectivity index (χ0n) is 17.6. The van der Waals surface area contributed by atoms with Crippen LogP contribution in [0, 0.1) is 20.8 Å². The number of fused-ring (bicyclic) bond motifs is 1. The Hall–Kier alpha value is -3.32. The fourth-order valence-corrected chi connectivity index (χ4v) is 4.97. The molecule has 4 rings (SSSR count). The highest BCUT2D eigenvalue weighted by molar-refractivity contribution is 7.92. The van der Waals surface area contributed by atoms with E-state index in [1.165, 1.54) is 4.31 Å². The maximum absolute atomic E-state index is 13.5. The molecule has 0 fully saturated rings. The van der Waals surface area contributed by atoms with E-state index >= 15 is 0 Å². The molecule has 6 nitrogen and oxygen atoms in total. The average molecular weight is 437 g/mol. The summed E-state index contributed by atoms with van der Waals surface area (Å²) in [6.45, 7) is 5.56. The van der Waals surface area contributed by atoms with Gasteiger partial charge in [-0.1, -0.05) is 42.0 Å². The summed E-state index contributed by atoms with van der Waals surface area (Å²) in [5.74, 6) is -0.0302. The van der Waals surface area contributed by atoms with Gasteiger partial charge in [-0.15, -0.1) is 0 Å². The van der Waals surface area contributed by atoms with Crippen LogP contribution >= 0.6 is 0 Å². The number of nitrogens with one attached hydrogen (secondary N) is 1. The second kappa shape index (κ2) is 8.07. The molecule has 31 heavy (non-hydrogen) atoms. The molecule has 1 aliphatic heterocycles. The minimum Gasteiger partial charge on any atom is -0.476 e. The summed E-state index contributed by atoms with van der Waals surface area (Å²) >= 11 is 0. The third-order valence-electron chi connectivity index (χ3n) is 5.29. The standard InChI is InChI=1S/C24H24N2O4S/c1-16-8-11-19(12-9-16)31(28,29)26-15-23(30-22-14-17(2)10-13-21(22)26)24(27)25-20-7-5-4-6-18(20)3/h4-14,23H,15H2,1-3H3,(H,25,27). The molecule has 0 bridgehead atoms. The van der Waals surface area contributed by atoms with Gasteiger partial charge in [0.15, 0.2) is 6.10 Å². The molecular formula is C24H24N2O4S. The normalized spacial score (nSPS) is 15.7. The fraction of sp³-hybridized carbons (Fsp3) is 0.208. The number of nitrogens with zero attached hydrogens (tertiary/aromatic N) is 1. The second-order valence-corrected chi connectivity index (χ2v) is 9.59. The van der Waals surface area contributed by atoms with Gasteiger partial charge in [0, 0.05) is 5.69 Å². The lowest BCUT2D eigenvalue weighted by Crippen LogP contribution is -2.48. The molecule has 1 heterocycles. The van der Waals surface area contributed by atoms with Gasteiger partial charge in [-0.2, -0.15) is 0 Å². The van der Waals surface area contributed by atoms with Crippen molar-refractivity contribution >= 4 is 27.3 Å². The first-order valence-corrected chi connectivity index (χ1v) is 11.4. The van der Waals surface area contributed by atoms with Gasteiger partial charge in [0.1, 0.15) is 5.75 Å². The molecule has 1 unspecified atom stereocenters. The first-order chi connectivity index (χ1) is 14.8. The van der Waals surface area contributed by atoms with Gasteiger partial charge < -0.3 is 10.1 Å². The monoisotopic (exact) mass is 436 g/mol. The summed E-state index contributed by atoms with van der Waals surface area (Å²) in [4.78, 5) is 13.2. The van der Waals surface area contributed by atoms with Crippen LogP contribution in [0.15, 0.2) is 71.6 Å². The first kappa shape index (κ1) is 20.9. The summed E-state index contributed by atoms with van der Waals surface area (Å²) in [7, 11) is -3.88. The van der Waals surface area contributed by atoms with Crippen molar-refractivity contribution in [2.24, 2.45) is 0 Å². The van der Waals surface area contributed by atoms with E-state index in [0.717, 1.165) is 16.7 Å². The van der Waals surface area contributed by atoms with Crippen molar-refractivity contribution < 1.29 is 17.9 Å². The number of carbonyl (C=O) groups is 1. The molecule has 7 heteroatoms. The third kappa shape index (κ3) is 4.14. The van der Waals surface area contributed by atoms with Crippen molar-refractivity contribution in [2.45, 2.75) is 31.8 Å². The van der Waals surface area contributed by atoms with E-state index < -0.39 is 22.0 Å². The van der Waals surface area contributed by atoms with Gasteiger partial charge in [-0.3, -0.25) is 9.10 Å². The van der Waals surface area contributed by atoms with E-state index in [4.69, 9.17) is 4.74 Å². The molecule has 160 valence electrons. The van der Waals surface area contributed by atoms with Gasteiger partial charge in [-0.05, 0) is 62.2 Å². The molecule has 0 aromatic heterocycles. The lowest BCUT2D eigenvalue weighted by Gasteiger charge is -2.35. The molecule has 0 saturated carbocycles. The van der Waals surface area contributed by atoms with Crippen molar-refractivity contribution in [1.82, 2.24) is 0 Å². The van der Waals surface area contributed by atoms with E-state index in [-0.39, 0.29) is 11.4 Å². The Morgan fingerprint density at radius 2 is 1.65 bits per heavy atom. The van der Waals surface area contributed by atoms with Crippen molar-refractivity contribution in [3.63, 3.8) is 0 Å². The number of aryl methyl sites for hydroxylation is 3. The highest BCUT2D eigenvalue weighted by Gasteiger charge is 2.37. The summed E-state index contributed by atoms with van der Waals surface area (Å²) in [6, 6.07) is 19.4. The molecule has 0 radical (unpaired) electrons. The molecule has 0 saturated heterocycles. The number of hydrogen-bond donors (Lipinski definition) is 1. The molecule has 1 N–H and O–H groups in total. The van der Waals surface area contributed by atoms with Crippen LogP contribution in [-0.4, -0.2) is 27.0 Å². The molecule has 1 amide bonds. The maximum Gasteiger partial charge on any atom is 0.267 e. The first-order valence-electron chi connectivity index (χ1n) is 9.99. The van der Waals surface area contributed by atoms with Gasteiger partial charge in [-0.25, -0.2) is 8.42 Å². The maximum atomic E-state index is 13.5. The molecule has 3 aromatic carbocycles. The predicted octanol–water partition coefficient (Wildman–Crippen LogP) is 4.21. The summed E-state index contributed by atoms with van der Waals surface area (Å²) in [6.07, 6.45) is -0.992. The number of amides is 1. The van der Waals surface area contributed by atoms with Crippen LogP contribution < -0.4 is 14.4 Å². The van der Waals surface area contributed by atoms with Crippen LogP contribution in [0.1, 0.15) is 16.7 Å². The van der Waals surface area contributed by atoms with Crippen LogP contribution in [0.5, 0.6) is 5.75 Å². The summed E-state index contributed by atoms with van der Waals surface area (Å²) in [5.41, 5.74) is 3.87. The lowest BCUT2D eigenvalue weighted by molar-refractivity contribution is -0.122. The zero-order valence-corrected chi connectivity index (χ0v) is 18.4. The number of benzene rings is 3. The number of ether oxygens (including phenoxy) is 1. The van der Waals surface area contributed by atoms with Crippen LogP contribution in [-0.2, 0) is 14.8 Å². The molecule has 0 spiro atoms. The number of hydrogen-bond acceptors (Lipinski definition) is 4. The Bertz CT molecular complexity index is 1240. The highest BCUT2D eigenvalue weighted by Crippen LogP contribution is 2.38. The molecule has 1 atom stereocenters. The van der Waals surface area contributed by atoms with Crippen molar-refractivity contribution in [3.8, 4) is 5.75 Å². The highest BCUT2D eigenvalue weighted by atomic mass is 32.2. The largest absolute Gasteiger partial charge is 0.476 e. The van der Waals surface area contributed by atoms with Crippen molar-refractivity contribution in [2.75, 3.05) is 16.2 Å². The Morgan fingerprint density at radius 3 is 2.35 bits per heavy atom. The smallest absolute Gasteiger partial charge is 0.267 e. The topological polar surface area (TPSA) is 75.7 Å². The van der Waals surface area contributed by atoms with Gasteiger partial charge in [0.25, 0.3) is 15.9 Å². The fourth-order valence-electron chi connectivity index (χ4n) is 3.49. The molecular weight excluding hydrogens is 412 g/mol. The van der Waals surface area contributed by atoms with Crippen LogP contribution in [0.3, 0.4) is 0 Å².